The number of likely N-dealkylation sites (N-methyl/N-ethyl adjacent to an activating group) is 1. The maximum atomic E-state index is 11.8. The fourth-order valence-corrected chi connectivity index (χ4v) is 1.84. The Labute approximate surface area is 131 Å². The molecule has 6 nitrogen and oxygen atoms in total. The molecule has 114 valence electrons. The predicted octanol–water partition coefficient (Wildman–Crippen LogP) is 1.66. The summed E-state index contributed by atoms with van der Waals surface area (Å²) in [6, 6.07) is 4.34. The molecular formula is C13H14Cl2N2O4. The van der Waals surface area contributed by atoms with Crippen LogP contribution in [-0.4, -0.2) is 47.4 Å². The molecule has 0 saturated carbocycles. The van der Waals surface area contributed by atoms with Gasteiger partial charge in [0.2, 0.25) is 5.91 Å². The number of nitrogens with zero attached hydrogens (tertiary/aromatic N) is 1. The van der Waals surface area contributed by atoms with Gasteiger partial charge in [-0.25, -0.2) is 0 Å². The average Bonchev–Trinajstić information content (AvgIpc) is 2.44. The maximum absolute atomic E-state index is 11.8. The van der Waals surface area contributed by atoms with Crippen LogP contribution < -0.4 is 5.32 Å². The SMILES string of the molecule is CCN(CC(=O)O)C(=O)CNC(=O)c1ccc(Cl)c(Cl)c1. The van der Waals surface area contributed by atoms with Crippen molar-refractivity contribution >= 4 is 41.0 Å². The third kappa shape index (κ3) is 5.24. The largest absolute Gasteiger partial charge is 0.480 e. The van der Waals surface area contributed by atoms with Crippen molar-refractivity contribution in [1.82, 2.24) is 10.2 Å². The highest BCUT2D eigenvalue weighted by molar-refractivity contribution is 6.42. The van der Waals surface area contributed by atoms with Gasteiger partial charge in [0.15, 0.2) is 0 Å². The van der Waals surface area contributed by atoms with Gasteiger partial charge in [-0.15, -0.1) is 0 Å². The summed E-state index contributed by atoms with van der Waals surface area (Å²) in [5.74, 6) is -2.08. The summed E-state index contributed by atoms with van der Waals surface area (Å²) in [6.45, 7) is 1.20. The van der Waals surface area contributed by atoms with Crippen molar-refractivity contribution in [2.24, 2.45) is 0 Å². The quantitative estimate of drug-likeness (QED) is 0.829. The van der Waals surface area contributed by atoms with Crippen LogP contribution >= 0.6 is 23.2 Å². The lowest BCUT2D eigenvalue weighted by molar-refractivity contribution is -0.143. The molecular weight excluding hydrogens is 319 g/mol. The van der Waals surface area contributed by atoms with Gasteiger partial charge in [0.1, 0.15) is 6.54 Å². The minimum Gasteiger partial charge on any atom is -0.480 e. The fourth-order valence-electron chi connectivity index (χ4n) is 1.55. The van der Waals surface area contributed by atoms with E-state index in [1.165, 1.54) is 18.2 Å². The lowest BCUT2D eigenvalue weighted by Crippen LogP contribution is -2.42. The zero-order valence-corrected chi connectivity index (χ0v) is 12.7. The molecule has 0 fully saturated rings. The summed E-state index contributed by atoms with van der Waals surface area (Å²) in [4.78, 5) is 35.3. The molecule has 1 aromatic carbocycles. The Balaban J connectivity index is 2.61. The van der Waals surface area contributed by atoms with E-state index >= 15 is 0 Å². The van der Waals surface area contributed by atoms with Gasteiger partial charge < -0.3 is 15.3 Å². The van der Waals surface area contributed by atoms with Gasteiger partial charge in [-0.2, -0.15) is 0 Å². The highest BCUT2D eigenvalue weighted by atomic mass is 35.5. The Morgan fingerprint density at radius 3 is 2.43 bits per heavy atom. The number of carboxylic acid groups (broad SMARTS) is 1. The lowest BCUT2D eigenvalue weighted by atomic mass is 10.2. The first-order valence-corrected chi connectivity index (χ1v) is 6.83. The molecule has 0 radical (unpaired) electrons. The molecule has 21 heavy (non-hydrogen) atoms. The molecule has 1 rings (SSSR count). The normalized spacial score (nSPS) is 10.0. The first-order valence-electron chi connectivity index (χ1n) is 6.08. The molecule has 1 aromatic rings. The third-order valence-corrected chi connectivity index (χ3v) is 3.38. The number of carbonyl (C=O) groups is 3. The highest BCUT2D eigenvalue weighted by Gasteiger charge is 2.16. The Kier molecular flexibility index (Phi) is 6.45. The molecule has 0 aromatic heterocycles. The third-order valence-electron chi connectivity index (χ3n) is 2.64. The second-order valence-electron chi connectivity index (χ2n) is 4.11. The second kappa shape index (κ2) is 7.85. The van der Waals surface area contributed by atoms with E-state index in [2.05, 4.69) is 5.32 Å². The summed E-state index contributed by atoms with van der Waals surface area (Å²) >= 11 is 11.5. The smallest absolute Gasteiger partial charge is 0.323 e. The minimum atomic E-state index is -1.11. The van der Waals surface area contributed by atoms with E-state index in [0.29, 0.717) is 5.02 Å². The molecule has 0 aliphatic rings. The van der Waals surface area contributed by atoms with Gasteiger partial charge in [0, 0.05) is 12.1 Å². The van der Waals surface area contributed by atoms with Gasteiger partial charge in [-0.1, -0.05) is 23.2 Å². The van der Waals surface area contributed by atoms with Crippen LogP contribution in [0.2, 0.25) is 10.0 Å². The van der Waals surface area contributed by atoms with Crippen molar-refractivity contribution in [2.45, 2.75) is 6.92 Å². The van der Waals surface area contributed by atoms with Crippen LogP contribution in [0.3, 0.4) is 0 Å². The molecule has 2 N–H and O–H groups in total. The van der Waals surface area contributed by atoms with E-state index in [1.54, 1.807) is 6.92 Å². The molecule has 2 amide bonds. The zero-order valence-electron chi connectivity index (χ0n) is 11.2. The number of nitrogens with one attached hydrogen (secondary N) is 1. The van der Waals surface area contributed by atoms with E-state index in [4.69, 9.17) is 28.3 Å². The van der Waals surface area contributed by atoms with Crippen LogP contribution in [0.4, 0.5) is 0 Å². The van der Waals surface area contributed by atoms with Crippen LogP contribution in [0.25, 0.3) is 0 Å². The number of carboxylic acids is 1. The van der Waals surface area contributed by atoms with Crippen LogP contribution in [0.15, 0.2) is 18.2 Å². The number of amides is 2. The summed E-state index contributed by atoms with van der Waals surface area (Å²) in [5.41, 5.74) is 0.262. The fraction of sp³-hybridized carbons (Fsp3) is 0.308. The molecule has 8 heteroatoms. The van der Waals surface area contributed by atoms with Gasteiger partial charge in [-0.3, -0.25) is 14.4 Å². The number of aliphatic carboxylic acids is 1. The summed E-state index contributed by atoms with van der Waals surface area (Å²) < 4.78 is 0. The Morgan fingerprint density at radius 2 is 1.90 bits per heavy atom. The number of hydrogen-bond donors (Lipinski definition) is 2. The Hall–Kier alpha value is -1.79. The first kappa shape index (κ1) is 17.3. The van der Waals surface area contributed by atoms with Crippen molar-refractivity contribution in [3.05, 3.63) is 33.8 Å². The van der Waals surface area contributed by atoms with Crippen molar-refractivity contribution in [2.75, 3.05) is 19.6 Å². The maximum Gasteiger partial charge on any atom is 0.323 e. The molecule has 0 spiro atoms. The molecule has 0 saturated heterocycles. The van der Waals surface area contributed by atoms with Gasteiger partial charge in [-0.05, 0) is 25.1 Å². The molecule has 0 unspecified atom stereocenters. The van der Waals surface area contributed by atoms with Gasteiger partial charge in [0.05, 0.1) is 16.6 Å². The first-order chi connectivity index (χ1) is 9.85. The monoisotopic (exact) mass is 332 g/mol. The van der Waals surface area contributed by atoms with Crippen LogP contribution in [0.1, 0.15) is 17.3 Å². The Bertz CT molecular complexity index is 563. The molecule has 0 atom stereocenters. The van der Waals surface area contributed by atoms with Crippen LogP contribution in [-0.2, 0) is 9.59 Å². The number of carbonyl (C=O) groups excluding carboxylic acids is 2. The van der Waals surface area contributed by atoms with Crippen LogP contribution in [0.5, 0.6) is 0 Å². The number of rotatable bonds is 6. The van der Waals surface area contributed by atoms with Crippen molar-refractivity contribution in [3.63, 3.8) is 0 Å². The molecule has 0 heterocycles. The van der Waals surface area contributed by atoms with Crippen molar-refractivity contribution < 1.29 is 19.5 Å². The molecule has 0 aliphatic heterocycles. The van der Waals surface area contributed by atoms with Crippen LogP contribution in [0, 0.1) is 0 Å². The molecule has 0 bridgehead atoms. The number of halogens is 2. The van der Waals surface area contributed by atoms with Crippen molar-refractivity contribution in [3.8, 4) is 0 Å². The van der Waals surface area contributed by atoms with Gasteiger partial charge in [0.25, 0.3) is 5.91 Å². The second-order valence-corrected chi connectivity index (χ2v) is 4.93. The topological polar surface area (TPSA) is 86.7 Å². The zero-order chi connectivity index (χ0) is 16.0. The number of hydrogen-bond acceptors (Lipinski definition) is 3. The van der Waals surface area contributed by atoms with E-state index in [0.717, 1.165) is 4.90 Å². The summed E-state index contributed by atoms with van der Waals surface area (Å²) in [7, 11) is 0. The highest BCUT2D eigenvalue weighted by Crippen LogP contribution is 2.22. The lowest BCUT2D eigenvalue weighted by Gasteiger charge is -2.18. The Morgan fingerprint density at radius 1 is 1.24 bits per heavy atom. The molecule has 0 aliphatic carbocycles. The standard InChI is InChI=1S/C13H14Cl2N2O4/c1-2-17(7-12(19)20)11(18)6-16-13(21)8-3-4-9(14)10(15)5-8/h3-5H,2,6-7H2,1H3,(H,16,21)(H,19,20). The van der Waals surface area contributed by atoms with E-state index in [9.17, 15) is 14.4 Å². The summed E-state index contributed by atoms with van der Waals surface area (Å²) in [5, 5.41) is 11.6. The average molecular weight is 333 g/mol. The number of benzene rings is 1. The van der Waals surface area contributed by atoms with E-state index in [-0.39, 0.29) is 23.7 Å². The van der Waals surface area contributed by atoms with Gasteiger partial charge >= 0.3 is 5.97 Å². The van der Waals surface area contributed by atoms with Crippen molar-refractivity contribution in [1.29, 1.82) is 0 Å². The summed E-state index contributed by atoms with van der Waals surface area (Å²) in [6.07, 6.45) is 0. The van der Waals surface area contributed by atoms with E-state index < -0.39 is 24.3 Å². The predicted molar refractivity (Wildman–Crippen MR) is 78.7 cm³/mol. The van der Waals surface area contributed by atoms with E-state index in [1.807, 2.05) is 0 Å². The minimum absolute atomic E-state index is 0.233.